The van der Waals surface area contributed by atoms with E-state index < -0.39 is 0 Å². The molecule has 2 aromatic heterocycles. The van der Waals surface area contributed by atoms with Crippen LogP contribution in [0.5, 0.6) is 0 Å². The molecule has 27 heavy (non-hydrogen) atoms. The highest BCUT2D eigenvalue weighted by atomic mass is 16.2. The first kappa shape index (κ1) is 15.8. The second-order valence-corrected chi connectivity index (χ2v) is 6.94. The van der Waals surface area contributed by atoms with Gasteiger partial charge in [-0.1, -0.05) is 30.3 Å². The lowest BCUT2D eigenvalue weighted by Gasteiger charge is -2.35. The van der Waals surface area contributed by atoms with Gasteiger partial charge in [-0.3, -0.25) is 14.2 Å². The van der Waals surface area contributed by atoms with Crippen molar-refractivity contribution in [3.63, 3.8) is 0 Å². The molecule has 5 rings (SSSR count). The third-order valence-corrected chi connectivity index (χ3v) is 5.36. The van der Waals surface area contributed by atoms with Crippen molar-refractivity contribution in [3.8, 4) is 0 Å². The third kappa shape index (κ3) is 2.37. The molecule has 0 aliphatic carbocycles. The maximum Gasteiger partial charge on any atom is 0.261 e. The number of aromatic nitrogens is 3. The summed E-state index contributed by atoms with van der Waals surface area (Å²) in [6.07, 6.45) is 1.94. The van der Waals surface area contributed by atoms with Gasteiger partial charge in [0.15, 0.2) is 0 Å². The highest BCUT2D eigenvalue weighted by Crippen LogP contribution is 2.28. The largest absolute Gasteiger partial charge is 0.361 e. The summed E-state index contributed by atoms with van der Waals surface area (Å²) in [5.41, 5.74) is 2.62. The summed E-state index contributed by atoms with van der Waals surface area (Å²) < 4.78 is 1.51. The topological polar surface area (TPSA) is 71.0 Å². The van der Waals surface area contributed by atoms with Crippen molar-refractivity contribution in [1.29, 1.82) is 0 Å². The zero-order chi connectivity index (χ0) is 18.5. The van der Waals surface area contributed by atoms with Crippen LogP contribution >= 0.6 is 0 Å². The molecule has 6 heteroatoms. The number of hydrogen-bond acceptors (Lipinski definition) is 3. The Morgan fingerprint density at radius 2 is 1.81 bits per heavy atom. The van der Waals surface area contributed by atoms with Crippen molar-refractivity contribution in [1.82, 2.24) is 19.4 Å². The van der Waals surface area contributed by atoms with Gasteiger partial charge in [-0.25, -0.2) is 4.98 Å². The van der Waals surface area contributed by atoms with Crippen molar-refractivity contribution < 1.29 is 4.79 Å². The fraction of sp³-hybridized carbons (Fsp3) is 0.190. The summed E-state index contributed by atoms with van der Waals surface area (Å²) in [5.74, 6) is 0.567. The first-order valence-corrected chi connectivity index (χ1v) is 8.97. The Balaban J connectivity index is 1.59. The van der Waals surface area contributed by atoms with Crippen LogP contribution in [0.25, 0.3) is 21.8 Å². The minimum Gasteiger partial charge on any atom is -0.361 e. The molecule has 0 radical (unpaired) electrons. The van der Waals surface area contributed by atoms with E-state index in [0.717, 1.165) is 16.5 Å². The number of aromatic amines is 1. The van der Waals surface area contributed by atoms with Gasteiger partial charge in [0, 0.05) is 23.6 Å². The number of amides is 1. The van der Waals surface area contributed by atoms with Crippen molar-refractivity contribution in [3.05, 3.63) is 76.5 Å². The average molecular weight is 358 g/mol. The molecule has 1 atom stereocenters. The Kier molecular flexibility index (Phi) is 3.40. The lowest BCUT2D eigenvalue weighted by atomic mass is 10.1. The number of rotatable bonds is 2. The summed E-state index contributed by atoms with van der Waals surface area (Å²) in [6.45, 7) is 2.43. The Bertz CT molecular complexity index is 1250. The zero-order valence-corrected chi connectivity index (χ0v) is 14.8. The highest BCUT2D eigenvalue weighted by Gasteiger charge is 2.32. The molecule has 1 aliphatic rings. The van der Waals surface area contributed by atoms with E-state index in [1.54, 1.807) is 11.0 Å². The second kappa shape index (κ2) is 5.81. The molecule has 134 valence electrons. The van der Waals surface area contributed by atoms with E-state index in [4.69, 9.17) is 4.98 Å². The first-order valence-electron chi connectivity index (χ1n) is 8.97. The third-order valence-electron chi connectivity index (χ3n) is 5.36. The van der Waals surface area contributed by atoms with E-state index in [0.29, 0.717) is 23.3 Å². The zero-order valence-electron chi connectivity index (χ0n) is 14.8. The molecule has 3 heterocycles. The van der Waals surface area contributed by atoms with Crippen LogP contribution in [0.3, 0.4) is 0 Å². The molecule has 0 bridgehead atoms. The normalized spacial score (nSPS) is 16.9. The molecule has 0 saturated heterocycles. The van der Waals surface area contributed by atoms with Crippen molar-refractivity contribution in [2.75, 3.05) is 0 Å². The molecular weight excluding hydrogens is 340 g/mol. The minimum atomic E-state index is -0.280. The van der Waals surface area contributed by atoms with E-state index in [2.05, 4.69) is 4.98 Å². The Morgan fingerprint density at radius 3 is 2.67 bits per heavy atom. The van der Waals surface area contributed by atoms with Gasteiger partial charge in [0.05, 0.1) is 16.9 Å². The summed E-state index contributed by atoms with van der Waals surface area (Å²) >= 11 is 0. The van der Waals surface area contributed by atoms with Gasteiger partial charge in [-0.05, 0) is 30.7 Å². The Hall–Kier alpha value is -3.41. The maximum atomic E-state index is 12.8. The number of fused-ring (bicyclic) bond motifs is 3. The number of nitrogens with one attached hydrogen (secondary N) is 1. The number of H-pyrrole nitrogens is 1. The molecule has 4 aromatic rings. The van der Waals surface area contributed by atoms with Gasteiger partial charge < -0.3 is 9.88 Å². The van der Waals surface area contributed by atoms with Crippen LogP contribution in [-0.4, -0.2) is 25.3 Å². The van der Waals surface area contributed by atoms with Gasteiger partial charge >= 0.3 is 0 Å². The van der Waals surface area contributed by atoms with Gasteiger partial charge in [0.2, 0.25) is 5.91 Å². The quantitative estimate of drug-likeness (QED) is 0.599. The summed E-state index contributed by atoms with van der Waals surface area (Å²) in [4.78, 5) is 35.4. The lowest BCUT2D eigenvalue weighted by Crippen LogP contribution is -2.45. The number of carbonyl (C=O) groups is 1. The molecular formula is C21H18N4O2. The van der Waals surface area contributed by atoms with Gasteiger partial charge in [-0.2, -0.15) is 0 Å². The average Bonchev–Trinajstić information content (AvgIpc) is 3.09. The monoisotopic (exact) mass is 358 g/mol. The predicted octanol–water partition coefficient (Wildman–Crippen LogP) is 2.98. The number of nitrogens with zero attached hydrogens (tertiary/aromatic N) is 3. The van der Waals surface area contributed by atoms with Gasteiger partial charge in [0.1, 0.15) is 12.4 Å². The van der Waals surface area contributed by atoms with E-state index >= 15 is 0 Å². The van der Waals surface area contributed by atoms with Crippen molar-refractivity contribution in [2.45, 2.75) is 26.1 Å². The minimum absolute atomic E-state index is 0.0265. The first-order chi connectivity index (χ1) is 13.1. The van der Waals surface area contributed by atoms with E-state index in [1.807, 2.05) is 55.6 Å². The number of benzene rings is 2. The van der Waals surface area contributed by atoms with E-state index in [9.17, 15) is 9.59 Å². The van der Waals surface area contributed by atoms with E-state index in [1.165, 1.54) is 4.57 Å². The van der Waals surface area contributed by atoms with Crippen LogP contribution in [0.4, 0.5) is 0 Å². The molecule has 1 aliphatic heterocycles. The summed E-state index contributed by atoms with van der Waals surface area (Å²) in [5, 5.41) is 1.65. The standard InChI is InChI=1S/C21H18N4O2/c1-13-20-23-18-9-5-3-7-16(18)21(27)25(20)12-19(26)24(13)11-14-10-22-17-8-4-2-6-15(14)17/h2-10,13,22H,11-12H2,1H3. The number of hydrogen-bond donors (Lipinski definition) is 1. The number of carbonyl (C=O) groups excluding carboxylic acids is 1. The molecule has 6 nitrogen and oxygen atoms in total. The Labute approximate surface area is 155 Å². The Morgan fingerprint density at radius 1 is 1.07 bits per heavy atom. The summed E-state index contributed by atoms with van der Waals surface area (Å²) in [6, 6.07) is 15.0. The van der Waals surface area contributed by atoms with Crippen LogP contribution in [0.15, 0.2) is 59.5 Å². The molecule has 1 N–H and O–H groups in total. The van der Waals surface area contributed by atoms with Crippen molar-refractivity contribution in [2.24, 2.45) is 0 Å². The second-order valence-electron chi connectivity index (χ2n) is 6.94. The fourth-order valence-electron chi connectivity index (χ4n) is 3.91. The van der Waals surface area contributed by atoms with Crippen LogP contribution in [0, 0.1) is 0 Å². The smallest absolute Gasteiger partial charge is 0.261 e. The molecule has 1 unspecified atom stereocenters. The molecule has 0 fully saturated rings. The van der Waals surface area contributed by atoms with Crippen LogP contribution in [0.1, 0.15) is 24.4 Å². The number of para-hydroxylation sites is 2. The fourth-order valence-corrected chi connectivity index (χ4v) is 3.91. The van der Waals surface area contributed by atoms with Crippen molar-refractivity contribution >= 4 is 27.7 Å². The SMILES string of the molecule is CC1c2nc3ccccc3c(=O)n2CC(=O)N1Cc1c[nH]c2ccccc12. The van der Waals surface area contributed by atoms with Crippen LogP contribution in [0.2, 0.25) is 0 Å². The lowest BCUT2D eigenvalue weighted by molar-refractivity contribution is -0.137. The molecule has 2 aromatic carbocycles. The molecule has 0 saturated carbocycles. The molecule has 1 amide bonds. The van der Waals surface area contributed by atoms with Gasteiger partial charge in [0.25, 0.3) is 5.56 Å². The predicted molar refractivity (Wildman–Crippen MR) is 103 cm³/mol. The van der Waals surface area contributed by atoms with E-state index in [-0.39, 0.29) is 24.1 Å². The van der Waals surface area contributed by atoms with Crippen LogP contribution < -0.4 is 5.56 Å². The van der Waals surface area contributed by atoms with Crippen LogP contribution in [-0.2, 0) is 17.9 Å². The summed E-state index contributed by atoms with van der Waals surface area (Å²) in [7, 11) is 0. The maximum absolute atomic E-state index is 12.8. The van der Waals surface area contributed by atoms with Gasteiger partial charge in [-0.15, -0.1) is 0 Å². The molecule has 0 spiro atoms. The highest BCUT2D eigenvalue weighted by molar-refractivity contribution is 5.84.